The van der Waals surface area contributed by atoms with E-state index in [0.29, 0.717) is 0 Å². The van der Waals surface area contributed by atoms with Crippen molar-refractivity contribution in [2.45, 2.75) is 38.5 Å². The van der Waals surface area contributed by atoms with Crippen LogP contribution in [0, 0.1) is 3.57 Å². The van der Waals surface area contributed by atoms with Crippen LogP contribution in [-0.2, 0) is 17.6 Å². The third-order valence-electron chi connectivity index (χ3n) is 4.38. The van der Waals surface area contributed by atoms with Gasteiger partial charge in [0, 0.05) is 27.7 Å². The number of carbonyl (C=O) groups is 2. The molecule has 4 heteroatoms. The zero-order chi connectivity index (χ0) is 16.9. The number of hydrogen-bond donors (Lipinski definition) is 1. The van der Waals surface area contributed by atoms with Crippen molar-refractivity contribution in [3.8, 4) is 0 Å². The maximum atomic E-state index is 12.4. The van der Waals surface area contributed by atoms with Crippen molar-refractivity contribution in [1.82, 2.24) is 0 Å². The van der Waals surface area contributed by atoms with Gasteiger partial charge in [-0.25, -0.2) is 0 Å². The van der Waals surface area contributed by atoms with E-state index in [0.717, 1.165) is 27.7 Å². The fraction of sp³-hybridized carbons (Fsp3) is 0.300. The lowest BCUT2D eigenvalue weighted by Crippen LogP contribution is -2.14. The highest BCUT2D eigenvalue weighted by molar-refractivity contribution is 14.1. The summed E-state index contributed by atoms with van der Waals surface area (Å²) in [5.74, 6) is -0.0800. The molecule has 1 aliphatic carbocycles. The molecule has 0 aromatic heterocycles. The predicted octanol–water partition coefficient (Wildman–Crippen LogP) is 4.77. The van der Waals surface area contributed by atoms with Gasteiger partial charge in [-0.3, -0.25) is 9.59 Å². The first-order valence-corrected chi connectivity index (χ1v) is 9.40. The SMILES string of the molecule is O=C(CCC(=O)c1ccc2c(c1)CCCC2)Nc1ccc(I)cc1. The van der Waals surface area contributed by atoms with Crippen LogP contribution in [0.3, 0.4) is 0 Å². The molecule has 3 nitrogen and oxygen atoms in total. The van der Waals surface area contributed by atoms with Crippen LogP contribution in [0.4, 0.5) is 5.69 Å². The van der Waals surface area contributed by atoms with Gasteiger partial charge in [-0.2, -0.15) is 0 Å². The van der Waals surface area contributed by atoms with Crippen LogP contribution < -0.4 is 5.32 Å². The Morgan fingerprint density at radius 3 is 2.38 bits per heavy atom. The fourth-order valence-corrected chi connectivity index (χ4v) is 3.39. The molecule has 0 radical (unpaired) electrons. The summed E-state index contributed by atoms with van der Waals surface area (Å²) in [7, 11) is 0. The lowest BCUT2D eigenvalue weighted by molar-refractivity contribution is -0.116. The summed E-state index contributed by atoms with van der Waals surface area (Å²) < 4.78 is 1.12. The van der Waals surface area contributed by atoms with Gasteiger partial charge in [0.1, 0.15) is 0 Å². The van der Waals surface area contributed by atoms with E-state index in [9.17, 15) is 9.59 Å². The van der Waals surface area contributed by atoms with Crippen LogP contribution in [-0.4, -0.2) is 11.7 Å². The first-order valence-electron chi connectivity index (χ1n) is 8.32. The summed E-state index contributed by atoms with van der Waals surface area (Å²) in [6, 6.07) is 13.6. The average molecular weight is 433 g/mol. The first-order chi connectivity index (χ1) is 11.6. The van der Waals surface area contributed by atoms with Crippen LogP contribution in [0.5, 0.6) is 0 Å². The van der Waals surface area contributed by atoms with Crippen LogP contribution in [0.1, 0.15) is 47.2 Å². The monoisotopic (exact) mass is 433 g/mol. The minimum Gasteiger partial charge on any atom is -0.326 e. The molecule has 0 saturated heterocycles. The highest BCUT2D eigenvalue weighted by Gasteiger charge is 2.14. The van der Waals surface area contributed by atoms with Gasteiger partial charge in [-0.15, -0.1) is 0 Å². The van der Waals surface area contributed by atoms with Crippen molar-refractivity contribution in [3.05, 3.63) is 62.7 Å². The Kier molecular flexibility index (Phi) is 5.66. The minimum atomic E-state index is -0.123. The molecular formula is C20H20INO2. The van der Waals surface area contributed by atoms with E-state index in [2.05, 4.69) is 34.0 Å². The highest BCUT2D eigenvalue weighted by Crippen LogP contribution is 2.23. The third-order valence-corrected chi connectivity index (χ3v) is 5.10. The van der Waals surface area contributed by atoms with E-state index in [1.165, 1.54) is 24.0 Å². The molecule has 0 saturated carbocycles. The summed E-state index contributed by atoms with van der Waals surface area (Å²) in [4.78, 5) is 24.4. The zero-order valence-corrected chi connectivity index (χ0v) is 15.6. The number of fused-ring (bicyclic) bond motifs is 1. The second kappa shape index (κ2) is 7.92. The van der Waals surface area contributed by atoms with Crippen molar-refractivity contribution in [2.24, 2.45) is 0 Å². The summed E-state index contributed by atoms with van der Waals surface area (Å²) in [5, 5.41) is 2.83. The number of benzene rings is 2. The molecule has 2 aromatic rings. The van der Waals surface area contributed by atoms with Crippen LogP contribution >= 0.6 is 22.6 Å². The van der Waals surface area contributed by atoms with E-state index >= 15 is 0 Å². The van der Waals surface area contributed by atoms with Crippen LogP contribution in [0.25, 0.3) is 0 Å². The number of rotatable bonds is 5. The third kappa shape index (κ3) is 4.44. The van der Waals surface area contributed by atoms with E-state index in [1.807, 2.05) is 36.4 Å². The quantitative estimate of drug-likeness (QED) is 0.546. The molecule has 0 unspecified atom stereocenters. The van der Waals surface area contributed by atoms with E-state index in [-0.39, 0.29) is 24.5 Å². The second-order valence-electron chi connectivity index (χ2n) is 6.17. The number of halogens is 1. The zero-order valence-electron chi connectivity index (χ0n) is 13.5. The number of nitrogens with one attached hydrogen (secondary N) is 1. The Bertz CT molecular complexity index is 753. The second-order valence-corrected chi connectivity index (χ2v) is 7.41. The number of ketones is 1. The Balaban J connectivity index is 1.55. The minimum absolute atomic E-state index is 0.0427. The molecule has 3 rings (SSSR count). The molecule has 0 spiro atoms. The van der Waals surface area contributed by atoms with E-state index in [1.54, 1.807) is 0 Å². The molecule has 1 amide bonds. The standard InChI is InChI=1S/C20H20INO2/c21-17-7-9-18(10-8-17)22-20(24)12-11-19(23)16-6-5-14-3-1-2-4-15(14)13-16/h5-10,13H,1-4,11-12H2,(H,22,24). The summed E-state index contributed by atoms with van der Waals surface area (Å²) in [6.07, 6.45) is 5.06. The lowest BCUT2D eigenvalue weighted by atomic mass is 9.89. The summed E-state index contributed by atoms with van der Waals surface area (Å²) in [5.41, 5.74) is 4.17. The van der Waals surface area contributed by atoms with Crippen molar-refractivity contribution < 1.29 is 9.59 Å². The Labute approximate surface area is 156 Å². The van der Waals surface area contributed by atoms with Gasteiger partial charge in [-0.1, -0.05) is 12.1 Å². The van der Waals surface area contributed by atoms with Gasteiger partial charge in [-0.05, 0) is 89.7 Å². The molecular weight excluding hydrogens is 413 g/mol. The van der Waals surface area contributed by atoms with Gasteiger partial charge in [0.15, 0.2) is 5.78 Å². The molecule has 2 aromatic carbocycles. The number of hydrogen-bond acceptors (Lipinski definition) is 2. The van der Waals surface area contributed by atoms with Crippen molar-refractivity contribution >= 4 is 40.0 Å². The summed E-state index contributed by atoms with van der Waals surface area (Å²) >= 11 is 2.22. The molecule has 124 valence electrons. The summed E-state index contributed by atoms with van der Waals surface area (Å²) in [6.45, 7) is 0. The largest absolute Gasteiger partial charge is 0.326 e. The van der Waals surface area contributed by atoms with E-state index in [4.69, 9.17) is 0 Å². The number of Topliss-reactive ketones (excluding diaryl/α,β-unsaturated/α-hetero) is 1. The molecule has 0 atom stereocenters. The molecule has 24 heavy (non-hydrogen) atoms. The Morgan fingerprint density at radius 1 is 0.917 bits per heavy atom. The maximum absolute atomic E-state index is 12.4. The van der Waals surface area contributed by atoms with Gasteiger partial charge < -0.3 is 5.32 Å². The van der Waals surface area contributed by atoms with Crippen molar-refractivity contribution in [1.29, 1.82) is 0 Å². The van der Waals surface area contributed by atoms with Crippen LogP contribution in [0.2, 0.25) is 0 Å². The number of carbonyl (C=O) groups excluding carboxylic acids is 2. The number of anilines is 1. The lowest BCUT2D eigenvalue weighted by Gasteiger charge is -2.16. The van der Waals surface area contributed by atoms with Gasteiger partial charge in [0.05, 0.1) is 0 Å². The van der Waals surface area contributed by atoms with Gasteiger partial charge in [0.25, 0.3) is 0 Å². The molecule has 0 heterocycles. The maximum Gasteiger partial charge on any atom is 0.224 e. The normalized spacial score (nSPS) is 13.2. The number of aryl methyl sites for hydroxylation is 2. The Morgan fingerprint density at radius 2 is 1.62 bits per heavy atom. The molecule has 0 bridgehead atoms. The molecule has 1 aliphatic rings. The molecule has 0 fully saturated rings. The van der Waals surface area contributed by atoms with Crippen LogP contribution in [0.15, 0.2) is 42.5 Å². The molecule has 1 N–H and O–H groups in total. The smallest absolute Gasteiger partial charge is 0.224 e. The average Bonchev–Trinajstić information content (AvgIpc) is 2.61. The van der Waals surface area contributed by atoms with Crippen molar-refractivity contribution in [3.63, 3.8) is 0 Å². The Hall–Kier alpha value is -1.69. The fourth-order valence-electron chi connectivity index (χ4n) is 3.03. The van der Waals surface area contributed by atoms with Gasteiger partial charge >= 0.3 is 0 Å². The molecule has 0 aliphatic heterocycles. The van der Waals surface area contributed by atoms with Gasteiger partial charge in [0.2, 0.25) is 5.91 Å². The number of amides is 1. The first kappa shape index (κ1) is 17.1. The van der Waals surface area contributed by atoms with Crippen molar-refractivity contribution in [2.75, 3.05) is 5.32 Å². The topological polar surface area (TPSA) is 46.2 Å². The van der Waals surface area contributed by atoms with E-state index < -0.39 is 0 Å². The highest BCUT2D eigenvalue weighted by atomic mass is 127. The predicted molar refractivity (Wildman–Crippen MR) is 104 cm³/mol.